The Morgan fingerprint density at radius 3 is 2.45 bits per heavy atom. The molecule has 0 aliphatic heterocycles. The molecule has 1 N–H and O–H groups in total. The summed E-state index contributed by atoms with van der Waals surface area (Å²) in [4.78, 5) is 0. The molecule has 104 valence electrons. The van der Waals surface area contributed by atoms with Gasteiger partial charge in [-0.3, -0.25) is 0 Å². The Morgan fingerprint density at radius 2 is 1.80 bits per heavy atom. The third-order valence-electron chi connectivity index (χ3n) is 3.68. The number of aryl methyl sites for hydroxylation is 1. The van der Waals surface area contributed by atoms with Crippen LogP contribution in [-0.2, 0) is 6.54 Å². The van der Waals surface area contributed by atoms with Crippen LogP contribution < -0.4 is 5.32 Å². The molecule has 3 heteroatoms. The van der Waals surface area contributed by atoms with Gasteiger partial charge in [0.1, 0.15) is 11.6 Å². The molecule has 0 aromatic heterocycles. The maximum absolute atomic E-state index is 14.2. The highest BCUT2D eigenvalue weighted by molar-refractivity contribution is 5.68. The third kappa shape index (κ3) is 2.88. The van der Waals surface area contributed by atoms with Gasteiger partial charge >= 0.3 is 0 Å². The van der Waals surface area contributed by atoms with E-state index in [9.17, 15) is 8.78 Å². The van der Waals surface area contributed by atoms with E-state index in [4.69, 9.17) is 0 Å². The lowest BCUT2D eigenvalue weighted by Crippen LogP contribution is -2.15. The van der Waals surface area contributed by atoms with Crippen LogP contribution in [0.25, 0.3) is 11.1 Å². The van der Waals surface area contributed by atoms with E-state index in [2.05, 4.69) is 5.32 Å². The monoisotopic (exact) mass is 273 g/mol. The van der Waals surface area contributed by atoms with Crippen molar-refractivity contribution >= 4 is 0 Å². The van der Waals surface area contributed by atoms with E-state index in [0.717, 1.165) is 16.7 Å². The summed E-state index contributed by atoms with van der Waals surface area (Å²) in [5.74, 6) is -0.549. The number of benzene rings is 2. The minimum absolute atomic E-state index is 0.255. The van der Waals surface area contributed by atoms with Gasteiger partial charge in [0.25, 0.3) is 0 Å². The highest BCUT2D eigenvalue weighted by atomic mass is 19.1. The summed E-state index contributed by atoms with van der Waals surface area (Å²) in [7, 11) is 0. The molecule has 3 rings (SSSR count). The molecule has 0 unspecified atom stereocenters. The second-order valence-corrected chi connectivity index (χ2v) is 5.43. The Labute approximate surface area is 117 Å². The van der Waals surface area contributed by atoms with Gasteiger partial charge < -0.3 is 5.32 Å². The summed E-state index contributed by atoms with van der Waals surface area (Å²) in [6, 6.07) is 10.3. The summed E-state index contributed by atoms with van der Waals surface area (Å²) < 4.78 is 27.3. The highest BCUT2D eigenvalue weighted by Gasteiger charge is 2.20. The van der Waals surface area contributed by atoms with Crippen molar-refractivity contribution in [1.82, 2.24) is 5.32 Å². The standard InChI is InChI=1S/C17H17F2N/c1-11-8-13(18)3-7-15(11)16-6-2-12(9-17(16)19)10-20-14-4-5-14/h2-3,6-9,14,20H,4-5,10H2,1H3. The van der Waals surface area contributed by atoms with E-state index in [-0.39, 0.29) is 11.6 Å². The molecule has 2 aromatic rings. The van der Waals surface area contributed by atoms with Gasteiger partial charge in [-0.05, 0) is 54.7 Å². The third-order valence-corrected chi connectivity index (χ3v) is 3.68. The van der Waals surface area contributed by atoms with E-state index < -0.39 is 0 Å². The van der Waals surface area contributed by atoms with Crippen molar-refractivity contribution in [1.29, 1.82) is 0 Å². The predicted octanol–water partition coefficient (Wildman–Crippen LogP) is 4.19. The molecular formula is C17H17F2N. The topological polar surface area (TPSA) is 12.0 Å². The smallest absolute Gasteiger partial charge is 0.131 e. The number of hydrogen-bond acceptors (Lipinski definition) is 1. The van der Waals surface area contributed by atoms with Crippen LogP contribution in [0.15, 0.2) is 36.4 Å². The van der Waals surface area contributed by atoms with Crippen LogP contribution in [0.5, 0.6) is 0 Å². The summed E-state index contributed by atoms with van der Waals surface area (Å²) >= 11 is 0. The first-order chi connectivity index (χ1) is 9.63. The van der Waals surface area contributed by atoms with Gasteiger partial charge in [0.2, 0.25) is 0 Å². The lowest BCUT2D eigenvalue weighted by atomic mass is 9.99. The SMILES string of the molecule is Cc1cc(F)ccc1-c1ccc(CNC2CC2)cc1F. The number of halogens is 2. The van der Waals surface area contributed by atoms with Gasteiger partial charge in [-0.15, -0.1) is 0 Å². The van der Waals surface area contributed by atoms with E-state index in [1.807, 2.05) is 6.07 Å². The maximum atomic E-state index is 14.2. The fourth-order valence-corrected chi connectivity index (χ4v) is 2.37. The van der Waals surface area contributed by atoms with Crippen LogP contribution in [0.2, 0.25) is 0 Å². The van der Waals surface area contributed by atoms with Gasteiger partial charge in [-0.2, -0.15) is 0 Å². The Morgan fingerprint density at radius 1 is 1.05 bits per heavy atom. The Bertz CT molecular complexity index is 633. The normalized spacial score (nSPS) is 14.6. The number of nitrogens with one attached hydrogen (secondary N) is 1. The molecule has 0 heterocycles. The van der Waals surface area contributed by atoms with E-state index >= 15 is 0 Å². The zero-order chi connectivity index (χ0) is 14.1. The molecule has 0 spiro atoms. The molecule has 0 bridgehead atoms. The molecule has 1 fully saturated rings. The van der Waals surface area contributed by atoms with Crippen molar-refractivity contribution in [3.63, 3.8) is 0 Å². The second-order valence-electron chi connectivity index (χ2n) is 5.43. The lowest BCUT2D eigenvalue weighted by Gasteiger charge is -2.10. The zero-order valence-electron chi connectivity index (χ0n) is 11.4. The average Bonchev–Trinajstić information content (AvgIpc) is 3.22. The number of hydrogen-bond donors (Lipinski definition) is 1. The van der Waals surface area contributed by atoms with Crippen molar-refractivity contribution < 1.29 is 8.78 Å². The Kier molecular flexibility index (Phi) is 3.53. The largest absolute Gasteiger partial charge is 0.310 e. The van der Waals surface area contributed by atoms with E-state index in [1.54, 1.807) is 25.1 Å². The number of rotatable bonds is 4. The Hall–Kier alpha value is -1.74. The molecule has 0 radical (unpaired) electrons. The van der Waals surface area contributed by atoms with Gasteiger partial charge in [0, 0.05) is 18.2 Å². The second kappa shape index (κ2) is 5.33. The van der Waals surface area contributed by atoms with Crippen molar-refractivity contribution in [2.45, 2.75) is 32.4 Å². The summed E-state index contributed by atoms with van der Waals surface area (Å²) in [6.45, 7) is 2.49. The van der Waals surface area contributed by atoms with Gasteiger partial charge in [-0.1, -0.05) is 18.2 Å². The average molecular weight is 273 g/mol. The molecule has 1 saturated carbocycles. The minimum Gasteiger partial charge on any atom is -0.310 e. The first-order valence-corrected chi connectivity index (χ1v) is 6.92. The highest BCUT2D eigenvalue weighted by Crippen LogP contribution is 2.27. The van der Waals surface area contributed by atoms with Crippen molar-refractivity contribution in [3.8, 4) is 11.1 Å². The van der Waals surface area contributed by atoms with Crippen molar-refractivity contribution in [2.24, 2.45) is 0 Å². The van der Waals surface area contributed by atoms with Gasteiger partial charge in [0.05, 0.1) is 0 Å². The molecule has 20 heavy (non-hydrogen) atoms. The molecule has 1 aliphatic carbocycles. The summed E-state index contributed by atoms with van der Waals surface area (Å²) in [6.07, 6.45) is 2.44. The molecule has 0 saturated heterocycles. The fraction of sp³-hybridized carbons (Fsp3) is 0.294. The van der Waals surface area contributed by atoms with Crippen LogP contribution in [0.4, 0.5) is 8.78 Å². The van der Waals surface area contributed by atoms with E-state index in [1.165, 1.54) is 25.0 Å². The molecule has 1 nitrogen and oxygen atoms in total. The van der Waals surface area contributed by atoms with E-state index in [0.29, 0.717) is 18.2 Å². The predicted molar refractivity (Wildman–Crippen MR) is 76.4 cm³/mol. The molecular weight excluding hydrogens is 256 g/mol. The fourth-order valence-electron chi connectivity index (χ4n) is 2.37. The minimum atomic E-state index is -0.295. The van der Waals surface area contributed by atoms with Crippen LogP contribution in [0.3, 0.4) is 0 Å². The first kappa shape index (κ1) is 13.3. The maximum Gasteiger partial charge on any atom is 0.131 e. The molecule has 0 atom stereocenters. The van der Waals surface area contributed by atoms with Crippen molar-refractivity contribution in [2.75, 3.05) is 0 Å². The molecule has 2 aromatic carbocycles. The summed E-state index contributed by atoms with van der Waals surface area (Å²) in [5, 5.41) is 3.36. The summed E-state index contributed by atoms with van der Waals surface area (Å²) in [5.41, 5.74) is 2.95. The Balaban J connectivity index is 1.85. The first-order valence-electron chi connectivity index (χ1n) is 6.92. The molecule has 0 amide bonds. The van der Waals surface area contributed by atoms with Gasteiger partial charge in [0.15, 0.2) is 0 Å². The van der Waals surface area contributed by atoms with Crippen LogP contribution in [-0.4, -0.2) is 6.04 Å². The van der Waals surface area contributed by atoms with Crippen LogP contribution in [0, 0.1) is 18.6 Å². The molecule has 1 aliphatic rings. The van der Waals surface area contributed by atoms with Crippen LogP contribution >= 0.6 is 0 Å². The quantitative estimate of drug-likeness (QED) is 0.880. The zero-order valence-corrected chi connectivity index (χ0v) is 11.4. The van der Waals surface area contributed by atoms with Crippen LogP contribution in [0.1, 0.15) is 24.0 Å². The van der Waals surface area contributed by atoms with Gasteiger partial charge in [-0.25, -0.2) is 8.78 Å². The lowest BCUT2D eigenvalue weighted by molar-refractivity contribution is 0.620. The van der Waals surface area contributed by atoms with Crippen molar-refractivity contribution in [3.05, 3.63) is 59.2 Å².